The van der Waals surface area contributed by atoms with Gasteiger partial charge in [-0.2, -0.15) is 0 Å². The second kappa shape index (κ2) is 11.8. The lowest BCUT2D eigenvalue weighted by atomic mass is 9.87. The van der Waals surface area contributed by atoms with Crippen molar-refractivity contribution < 1.29 is 23.2 Å². The third-order valence-corrected chi connectivity index (χ3v) is 7.32. The Balaban J connectivity index is 2.00. The first-order chi connectivity index (χ1) is 15.3. The predicted octanol–water partition coefficient (Wildman–Crippen LogP) is 4.39. The molecule has 1 aromatic rings. The van der Waals surface area contributed by atoms with Crippen LogP contribution < -0.4 is 4.72 Å². The minimum atomic E-state index is -1.51. The molecule has 8 heteroatoms. The van der Waals surface area contributed by atoms with E-state index in [2.05, 4.69) is 4.72 Å². The van der Waals surface area contributed by atoms with Gasteiger partial charge in [0.1, 0.15) is 11.8 Å². The molecule has 0 saturated carbocycles. The van der Waals surface area contributed by atoms with Crippen molar-refractivity contribution in [2.45, 2.75) is 95.9 Å². The molecule has 0 bridgehead atoms. The normalized spacial score (nSPS) is 19.6. The number of hydrogen-bond donors (Lipinski definition) is 2. The van der Waals surface area contributed by atoms with E-state index in [1.165, 1.54) is 0 Å². The van der Waals surface area contributed by atoms with E-state index in [0.29, 0.717) is 32.4 Å². The molecule has 6 nitrogen and oxygen atoms in total. The van der Waals surface area contributed by atoms with Gasteiger partial charge in [-0.3, -0.25) is 0 Å². The Morgan fingerprint density at radius 3 is 2.27 bits per heavy atom. The minimum Gasteiger partial charge on any atom is -0.444 e. The first kappa shape index (κ1) is 27.7. The maximum Gasteiger partial charge on any atom is 0.410 e. The van der Waals surface area contributed by atoms with E-state index in [1.807, 2.05) is 71.9 Å². The van der Waals surface area contributed by atoms with Crippen molar-refractivity contribution in [3.63, 3.8) is 0 Å². The molecular formula is C25H41FN2O4S. The van der Waals surface area contributed by atoms with Crippen molar-refractivity contribution in [1.29, 1.82) is 0 Å². The van der Waals surface area contributed by atoms with Gasteiger partial charge in [0.15, 0.2) is 0 Å². The van der Waals surface area contributed by atoms with Gasteiger partial charge in [-0.25, -0.2) is 18.1 Å². The van der Waals surface area contributed by atoms with Crippen LogP contribution in [0.25, 0.3) is 0 Å². The van der Waals surface area contributed by atoms with Crippen molar-refractivity contribution in [2.24, 2.45) is 5.92 Å². The number of benzene rings is 1. The number of alkyl halides is 1. The summed E-state index contributed by atoms with van der Waals surface area (Å²) in [6.45, 7) is 12.1. The van der Waals surface area contributed by atoms with Gasteiger partial charge < -0.3 is 14.7 Å². The van der Waals surface area contributed by atoms with E-state index >= 15 is 4.39 Å². The number of aliphatic hydroxyl groups excluding tert-OH is 1. The standard InChI is InChI=1S/C25H41FN2O4S/c1-24(2,3)32-23(30)28-14-12-19(13-15-28)17-21(29)22(27-33(31)25(4,5)6)20(26)16-18-10-8-7-9-11-18/h7-11,19-22,27,29H,12-17H2,1-6H3/t20-,21-,22+,33?/m1/s1. The highest BCUT2D eigenvalue weighted by atomic mass is 32.2. The average Bonchev–Trinajstić information content (AvgIpc) is 2.70. The highest BCUT2D eigenvalue weighted by Crippen LogP contribution is 2.26. The Labute approximate surface area is 200 Å². The van der Waals surface area contributed by atoms with E-state index in [0.717, 1.165) is 5.56 Å². The van der Waals surface area contributed by atoms with Crippen molar-refractivity contribution in [3.05, 3.63) is 35.9 Å². The molecule has 2 N–H and O–H groups in total. The Kier molecular flexibility index (Phi) is 9.88. The quantitative estimate of drug-likeness (QED) is 0.574. The molecule has 1 heterocycles. The zero-order valence-electron chi connectivity index (χ0n) is 20.8. The van der Waals surface area contributed by atoms with Crippen LogP contribution in [-0.2, 0) is 22.1 Å². The highest BCUT2D eigenvalue weighted by molar-refractivity contribution is 7.84. The summed E-state index contributed by atoms with van der Waals surface area (Å²) in [6.07, 6.45) is -0.774. The number of halogens is 1. The first-order valence-electron chi connectivity index (χ1n) is 11.8. The summed E-state index contributed by atoms with van der Waals surface area (Å²) < 4.78 is 35.9. The summed E-state index contributed by atoms with van der Waals surface area (Å²) in [6, 6.07) is 8.33. The van der Waals surface area contributed by atoms with Crippen molar-refractivity contribution in [3.8, 4) is 0 Å². The molecule has 1 unspecified atom stereocenters. The van der Waals surface area contributed by atoms with E-state index in [9.17, 15) is 14.1 Å². The zero-order chi connectivity index (χ0) is 24.8. The predicted molar refractivity (Wildman–Crippen MR) is 131 cm³/mol. The summed E-state index contributed by atoms with van der Waals surface area (Å²) in [4.78, 5) is 14.0. The van der Waals surface area contributed by atoms with Gasteiger partial charge in [-0.1, -0.05) is 30.3 Å². The molecule has 4 atom stereocenters. The number of carbonyl (C=O) groups is 1. The van der Waals surface area contributed by atoms with Crippen LogP contribution in [0, 0.1) is 5.92 Å². The molecule has 0 aromatic heterocycles. The number of nitrogens with zero attached hydrogens (tertiary/aromatic N) is 1. The lowest BCUT2D eigenvalue weighted by Crippen LogP contribution is -2.52. The lowest BCUT2D eigenvalue weighted by molar-refractivity contribution is 0.0138. The van der Waals surface area contributed by atoms with E-state index in [4.69, 9.17) is 4.74 Å². The summed E-state index contributed by atoms with van der Waals surface area (Å²) >= 11 is 0. The van der Waals surface area contributed by atoms with Crippen LogP contribution in [0.15, 0.2) is 30.3 Å². The van der Waals surface area contributed by atoms with Gasteiger partial charge in [-0.15, -0.1) is 0 Å². The van der Waals surface area contributed by atoms with Crippen LogP contribution in [0.1, 0.15) is 66.4 Å². The lowest BCUT2D eigenvalue weighted by Gasteiger charge is -2.36. The molecular weight excluding hydrogens is 443 g/mol. The second-order valence-electron chi connectivity index (χ2n) is 10.9. The van der Waals surface area contributed by atoms with Gasteiger partial charge in [0.25, 0.3) is 0 Å². The monoisotopic (exact) mass is 484 g/mol. The first-order valence-corrected chi connectivity index (χ1v) is 12.9. The number of piperidine rings is 1. The molecule has 1 aliphatic heterocycles. The maximum atomic E-state index is 15.4. The molecule has 1 aromatic carbocycles. The molecule has 2 rings (SSSR count). The molecule has 1 fully saturated rings. The molecule has 188 valence electrons. The van der Waals surface area contributed by atoms with E-state index < -0.39 is 39.7 Å². The smallest absolute Gasteiger partial charge is 0.410 e. The number of ether oxygens (including phenoxy) is 1. The highest BCUT2D eigenvalue weighted by Gasteiger charge is 2.35. The van der Waals surface area contributed by atoms with Crippen LogP contribution in [-0.4, -0.2) is 62.1 Å². The fraction of sp³-hybridized carbons (Fsp3) is 0.720. The molecule has 33 heavy (non-hydrogen) atoms. The van der Waals surface area contributed by atoms with Gasteiger partial charge in [0.05, 0.1) is 27.9 Å². The molecule has 0 radical (unpaired) electrons. The fourth-order valence-electron chi connectivity index (χ4n) is 3.83. The Hall–Kier alpha value is -1.51. The molecule has 1 saturated heterocycles. The summed E-state index contributed by atoms with van der Waals surface area (Å²) in [5.41, 5.74) is 0.289. The number of likely N-dealkylation sites (tertiary alicyclic amines) is 1. The van der Waals surface area contributed by atoms with Gasteiger partial charge in [0.2, 0.25) is 0 Å². The summed E-state index contributed by atoms with van der Waals surface area (Å²) in [5, 5.41) is 11.0. The van der Waals surface area contributed by atoms with Crippen LogP contribution in [0.2, 0.25) is 0 Å². The molecule has 1 amide bonds. The van der Waals surface area contributed by atoms with Crippen LogP contribution in [0.5, 0.6) is 0 Å². The summed E-state index contributed by atoms with van der Waals surface area (Å²) in [7, 11) is -1.51. The summed E-state index contributed by atoms with van der Waals surface area (Å²) in [5.74, 6) is 0.148. The zero-order valence-corrected chi connectivity index (χ0v) is 21.7. The van der Waals surface area contributed by atoms with Gasteiger partial charge >= 0.3 is 6.09 Å². The minimum absolute atomic E-state index is 0.133. The number of hydrogen-bond acceptors (Lipinski definition) is 4. The number of rotatable bonds is 8. The topological polar surface area (TPSA) is 78.9 Å². The van der Waals surface area contributed by atoms with Gasteiger partial charge in [-0.05, 0) is 72.3 Å². The third-order valence-electron chi connectivity index (χ3n) is 5.72. The molecule has 0 spiro atoms. The largest absolute Gasteiger partial charge is 0.444 e. The average molecular weight is 485 g/mol. The Morgan fingerprint density at radius 1 is 1.18 bits per heavy atom. The van der Waals surface area contributed by atoms with E-state index in [1.54, 1.807) is 4.90 Å². The Bertz CT molecular complexity index is 771. The van der Waals surface area contributed by atoms with Crippen molar-refractivity contribution >= 4 is 17.1 Å². The maximum absolute atomic E-state index is 15.4. The SMILES string of the molecule is CC(C)(C)OC(=O)N1CCC(C[C@@H](O)[C@@H](NS(=O)C(C)(C)C)[C@H](F)Cc2ccccc2)CC1. The number of aliphatic hydroxyl groups is 1. The van der Waals surface area contributed by atoms with Gasteiger partial charge in [0, 0.05) is 19.5 Å². The number of nitrogens with one attached hydrogen (secondary N) is 1. The van der Waals surface area contributed by atoms with Crippen molar-refractivity contribution in [1.82, 2.24) is 9.62 Å². The van der Waals surface area contributed by atoms with Crippen molar-refractivity contribution in [2.75, 3.05) is 13.1 Å². The third kappa shape index (κ3) is 9.33. The second-order valence-corrected chi connectivity index (χ2v) is 12.9. The van der Waals surface area contributed by atoms with Crippen LogP contribution in [0.4, 0.5) is 9.18 Å². The molecule has 1 aliphatic rings. The number of carbonyl (C=O) groups excluding carboxylic acids is 1. The fourth-order valence-corrected chi connectivity index (χ4v) is 4.73. The number of amides is 1. The Morgan fingerprint density at radius 2 is 1.76 bits per heavy atom. The van der Waals surface area contributed by atoms with E-state index in [-0.39, 0.29) is 18.4 Å². The van der Waals surface area contributed by atoms with Crippen LogP contribution >= 0.6 is 0 Å². The van der Waals surface area contributed by atoms with Crippen LogP contribution in [0.3, 0.4) is 0 Å². The molecule has 0 aliphatic carbocycles.